The second-order valence-corrected chi connectivity index (χ2v) is 8.62. The number of halogens is 2. The summed E-state index contributed by atoms with van der Waals surface area (Å²) in [6, 6.07) is 11.1. The number of methoxy groups -OCH3 is 2. The molecule has 0 radical (unpaired) electrons. The first-order chi connectivity index (χ1) is 14.3. The van der Waals surface area contributed by atoms with Crippen molar-refractivity contribution in [3.05, 3.63) is 57.0 Å². The van der Waals surface area contributed by atoms with E-state index in [0.717, 1.165) is 26.6 Å². The predicted octanol–water partition coefficient (Wildman–Crippen LogP) is 6.36. The van der Waals surface area contributed by atoms with Crippen molar-refractivity contribution >= 4 is 67.1 Å². The normalized spacial score (nSPS) is 11.1. The highest BCUT2D eigenvalue weighted by molar-refractivity contribution is 7.22. The standard InChI is InChI=1S/C22H18Cl2N2O3S/c1-11-5-6-15-12(7-11)20-13(21(24)25-15)8-19(30-20)22(27)26(2)16-9-14(23)17(28-3)10-18(16)29-4/h5-10H,1-4H3. The summed E-state index contributed by atoms with van der Waals surface area (Å²) >= 11 is 14.1. The summed E-state index contributed by atoms with van der Waals surface area (Å²) in [7, 11) is 4.73. The molecule has 0 aliphatic rings. The summed E-state index contributed by atoms with van der Waals surface area (Å²) in [4.78, 5) is 19.8. The van der Waals surface area contributed by atoms with E-state index in [1.807, 2.05) is 19.1 Å². The Morgan fingerprint density at radius 3 is 2.47 bits per heavy atom. The van der Waals surface area contributed by atoms with Crippen LogP contribution in [0.5, 0.6) is 11.5 Å². The highest BCUT2D eigenvalue weighted by Crippen LogP contribution is 2.40. The fraction of sp³-hybridized carbons (Fsp3) is 0.182. The number of ether oxygens (including phenoxy) is 2. The van der Waals surface area contributed by atoms with Crippen molar-refractivity contribution in [2.45, 2.75) is 6.92 Å². The Morgan fingerprint density at radius 2 is 1.77 bits per heavy atom. The van der Waals surface area contributed by atoms with Crippen LogP contribution >= 0.6 is 34.5 Å². The molecule has 0 saturated carbocycles. The van der Waals surface area contributed by atoms with E-state index in [2.05, 4.69) is 11.1 Å². The van der Waals surface area contributed by atoms with Gasteiger partial charge in [0.05, 0.1) is 35.3 Å². The monoisotopic (exact) mass is 460 g/mol. The Hall–Kier alpha value is -2.54. The van der Waals surface area contributed by atoms with Crippen LogP contribution < -0.4 is 14.4 Å². The lowest BCUT2D eigenvalue weighted by Gasteiger charge is -2.20. The fourth-order valence-electron chi connectivity index (χ4n) is 3.33. The van der Waals surface area contributed by atoms with Crippen LogP contribution in [0.25, 0.3) is 21.0 Å². The number of anilines is 1. The van der Waals surface area contributed by atoms with Crippen LogP contribution in [0.2, 0.25) is 10.2 Å². The van der Waals surface area contributed by atoms with Gasteiger partial charge in [0, 0.05) is 28.6 Å². The van der Waals surface area contributed by atoms with Crippen molar-refractivity contribution in [1.82, 2.24) is 4.98 Å². The van der Waals surface area contributed by atoms with Gasteiger partial charge in [-0.15, -0.1) is 11.3 Å². The molecule has 8 heteroatoms. The van der Waals surface area contributed by atoms with Crippen LogP contribution in [-0.4, -0.2) is 32.2 Å². The first kappa shape index (κ1) is 20.7. The zero-order valence-electron chi connectivity index (χ0n) is 16.7. The largest absolute Gasteiger partial charge is 0.495 e. The maximum atomic E-state index is 13.3. The minimum Gasteiger partial charge on any atom is -0.495 e. The van der Waals surface area contributed by atoms with E-state index in [1.165, 1.54) is 30.5 Å². The average molecular weight is 461 g/mol. The summed E-state index contributed by atoms with van der Waals surface area (Å²) < 4.78 is 11.6. The summed E-state index contributed by atoms with van der Waals surface area (Å²) in [5, 5.41) is 2.50. The SMILES string of the molecule is COc1cc(OC)c(N(C)C(=O)c2cc3c(Cl)nc4ccc(C)cc4c3s2)cc1Cl. The summed E-state index contributed by atoms with van der Waals surface area (Å²) in [6.45, 7) is 2.02. The number of fused-ring (bicyclic) bond motifs is 3. The lowest BCUT2D eigenvalue weighted by molar-refractivity contribution is 0.0996. The number of carbonyl (C=O) groups is 1. The fourth-order valence-corrected chi connectivity index (χ4v) is 5.02. The highest BCUT2D eigenvalue weighted by Gasteiger charge is 2.23. The van der Waals surface area contributed by atoms with Crippen molar-refractivity contribution in [3.8, 4) is 11.5 Å². The highest BCUT2D eigenvalue weighted by atomic mass is 35.5. The predicted molar refractivity (Wildman–Crippen MR) is 124 cm³/mol. The molecule has 30 heavy (non-hydrogen) atoms. The Bertz CT molecular complexity index is 1300. The van der Waals surface area contributed by atoms with Crippen molar-refractivity contribution < 1.29 is 14.3 Å². The molecule has 4 rings (SSSR count). The van der Waals surface area contributed by atoms with Gasteiger partial charge in [-0.1, -0.05) is 34.8 Å². The average Bonchev–Trinajstić information content (AvgIpc) is 3.19. The second kappa shape index (κ2) is 7.95. The minimum absolute atomic E-state index is 0.201. The van der Waals surface area contributed by atoms with Gasteiger partial charge < -0.3 is 14.4 Å². The van der Waals surface area contributed by atoms with Crippen molar-refractivity contribution in [2.75, 3.05) is 26.2 Å². The van der Waals surface area contributed by atoms with E-state index in [-0.39, 0.29) is 5.91 Å². The van der Waals surface area contributed by atoms with E-state index in [0.29, 0.717) is 32.2 Å². The third-order valence-corrected chi connectivity index (χ3v) is 6.64. The Morgan fingerprint density at radius 1 is 1.03 bits per heavy atom. The molecule has 154 valence electrons. The van der Waals surface area contributed by atoms with Crippen molar-refractivity contribution in [3.63, 3.8) is 0 Å². The molecule has 0 unspecified atom stereocenters. The maximum Gasteiger partial charge on any atom is 0.268 e. The topological polar surface area (TPSA) is 51.7 Å². The van der Waals surface area contributed by atoms with E-state index in [1.54, 1.807) is 25.2 Å². The molecule has 2 heterocycles. The molecule has 0 bridgehead atoms. The molecule has 0 atom stereocenters. The summed E-state index contributed by atoms with van der Waals surface area (Å²) in [6.07, 6.45) is 0. The molecule has 0 fully saturated rings. The molecule has 0 aliphatic heterocycles. The Balaban J connectivity index is 1.82. The van der Waals surface area contributed by atoms with Gasteiger partial charge in [0.15, 0.2) is 0 Å². The van der Waals surface area contributed by atoms with Crippen LogP contribution in [-0.2, 0) is 0 Å². The smallest absolute Gasteiger partial charge is 0.268 e. The quantitative estimate of drug-likeness (QED) is 0.332. The Kier molecular flexibility index (Phi) is 5.49. The number of thiophene rings is 1. The van der Waals surface area contributed by atoms with Crippen molar-refractivity contribution in [2.24, 2.45) is 0 Å². The maximum absolute atomic E-state index is 13.3. The number of carbonyl (C=O) groups excluding carboxylic acids is 1. The van der Waals surface area contributed by atoms with Crippen LogP contribution in [0.1, 0.15) is 15.2 Å². The zero-order valence-corrected chi connectivity index (χ0v) is 19.1. The van der Waals surface area contributed by atoms with Gasteiger partial charge in [-0.2, -0.15) is 0 Å². The number of rotatable bonds is 4. The van der Waals surface area contributed by atoms with Gasteiger partial charge in [-0.25, -0.2) is 4.98 Å². The molecule has 0 N–H and O–H groups in total. The van der Waals surface area contributed by atoms with E-state index < -0.39 is 0 Å². The van der Waals surface area contributed by atoms with E-state index >= 15 is 0 Å². The first-order valence-corrected chi connectivity index (χ1v) is 10.6. The number of aromatic nitrogens is 1. The molecule has 0 saturated heterocycles. The number of nitrogens with zero attached hydrogens (tertiary/aromatic N) is 2. The third kappa shape index (κ3) is 3.45. The molecule has 0 aliphatic carbocycles. The van der Waals surface area contributed by atoms with Crippen LogP contribution in [0.4, 0.5) is 5.69 Å². The lowest BCUT2D eigenvalue weighted by atomic mass is 10.1. The first-order valence-electron chi connectivity index (χ1n) is 9.03. The molecular weight excluding hydrogens is 443 g/mol. The van der Waals surface area contributed by atoms with Crippen LogP contribution in [0.15, 0.2) is 36.4 Å². The van der Waals surface area contributed by atoms with Gasteiger partial charge >= 0.3 is 0 Å². The van der Waals surface area contributed by atoms with E-state index in [9.17, 15) is 4.79 Å². The number of hydrogen-bond donors (Lipinski definition) is 0. The van der Waals surface area contributed by atoms with Gasteiger partial charge in [-0.3, -0.25) is 4.79 Å². The molecule has 2 aromatic heterocycles. The third-order valence-electron chi connectivity index (χ3n) is 4.90. The summed E-state index contributed by atoms with van der Waals surface area (Å²) in [5.74, 6) is 0.751. The number of amides is 1. The Labute approximate surface area is 187 Å². The van der Waals surface area contributed by atoms with Crippen LogP contribution in [0, 0.1) is 6.92 Å². The minimum atomic E-state index is -0.201. The van der Waals surface area contributed by atoms with E-state index in [4.69, 9.17) is 32.7 Å². The molecular formula is C22H18Cl2N2O3S. The number of pyridine rings is 1. The number of hydrogen-bond acceptors (Lipinski definition) is 5. The van der Waals surface area contributed by atoms with Gasteiger partial charge in [0.25, 0.3) is 5.91 Å². The lowest BCUT2D eigenvalue weighted by Crippen LogP contribution is -2.25. The van der Waals surface area contributed by atoms with Gasteiger partial charge in [-0.05, 0) is 31.2 Å². The van der Waals surface area contributed by atoms with Gasteiger partial charge in [0.1, 0.15) is 16.7 Å². The molecule has 2 aromatic carbocycles. The molecule has 4 aromatic rings. The van der Waals surface area contributed by atoms with Crippen molar-refractivity contribution in [1.29, 1.82) is 0 Å². The summed E-state index contributed by atoms with van der Waals surface area (Å²) in [5.41, 5.74) is 2.45. The second-order valence-electron chi connectivity index (χ2n) is 6.80. The van der Waals surface area contributed by atoms with Gasteiger partial charge in [0.2, 0.25) is 0 Å². The van der Waals surface area contributed by atoms with Crippen LogP contribution in [0.3, 0.4) is 0 Å². The zero-order chi connectivity index (χ0) is 21.6. The number of aryl methyl sites for hydroxylation is 1. The molecule has 1 amide bonds. The molecule has 5 nitrogen and oxygen atoms in total. The number of benzene rings is 2. The molecule has 0 spiro atoms.